The number of nitrogens with one attached hydrogen (secondary N) is 1. The number of anilines is 1. The molecule has 1 unspecified atom stereocenters. The maximum atomic E-state index is 4.12. The standard InChI is InChI=1S/C15H21N5/c1-19-8-2-3-13(10-19)9-17-14-4-6-15(7-5-14)20-12-16-11-18-20/h4-7,11-13,17H,2-3,8-10H2,1H3. The Kier molecular flexibility index (Phi) is 3.97. The SMILES string of the molecule is CN1CCCC(CNc2ccc(-n3cncn3)cc2)C1. The Labute approximate surface area is 119 Å². The first-order valence-corrected chi connectivity index (χ1v) is 7.19. The van der Waals surface area contributed by atoms with E-state index in [0.717, 1.165) is 18.2 Å². The number of piperidine rings is 1. The van der Waals surface area contributed by atoms with Crippen molar-refractivity contribution in [3.63, 3.8) is 0 Å². The van der Waals surface area contributed by atoms with E-state index in [1.807, 2.05) is 0 Å². The van der Waals surface area contributed by atoms with Crippen LogP contribution >= 0.6 is 0 Å². The number of rotatable bonds is 4. The zero-order valence-corrected chi connectivity index (χ0v) is 11.9. The molecule has 0 amide bonds. The zero-order valence-electron chi connectivity index (χ0n) is 11.9. The molecule has 0 radical (unpaired) electrons. The molecule has 2 aromatic rings. The molecule has 0 bridgehead atoms. The van der Waals surface area contributed by atoms with Gasteiger partial charge < -0.3 is 10.2 Å². The van der Waals surface area contributed by atoms with E-state index in [0.29, 0.717) is 0 Å². The van der Waals surface area contributed by atoms with Gasteiger partial charge in [0, 0.05) is 18.8 Å². The van der Waals surface area contributed by atoms with E-state index in [1.165, 1.54) is 31.6 Å². The predicted molar refractivity (Wildman–Crippen MR) is 80.1 cm³/mol. The van der Waals surface area contributed by atoms with Gasteiger partial charge in [-0.3, -0.25) is 0 Å². The van der Waals surface area contributed by atoms with Crippen molar-refractivity contribution in [1.29, 1.82) is 0 Å². The summed E-state index contributed by atoms with van der Waals surface area (Å²) in [4.78, 5) is 6.38. The molecule has 5 nitrogen and oxygen atoms in total. The molecule has 2 heterocycles. The molecule has 1 aromatic heterocycles. The van der Waals surface area contributed by atoms with Gasteiger partial charge in [-0.05, 0) is 56.6 Å². The molecule has 1 aliphatic heterocycles. The largest absolute Gasteiger partial charge is 0.385 e. The molecule has 1 aliphatic rings. The van der Waals surface area contributed by atoms with Crippen molar-refractivity contribution in [2.75, 3.05) is 32.0 Å². The van der Waals surface area contributed by atoms with E-state index in [-0.39, 0.29) is 0 Å². The van der Waals surface area contributed by atoms with Gasteiger partial charge in [-0.15, -0.1) is 0 Å². The minimum absolute atomic E-state index is 0.753. The monoisotopic (exact) mass is 271 g/mol. The highest BCUT2D eigenvalue weighted by molar-refractivity contribution is 5.48. The second-order valence-corrected chi connectivity index (χ2v) is 5.54. The predicted octanol–water partition coefficient (Wildman–Crippen LogP) is 2.02. The van der Waals surface area contributed by atoms with Crippen LogP contribution in [0.3, 0.4) is 0 Å². The molecule has 20 heavy (non-hydrogen) atoms. The summed E-state index contributed by atoms with van der Waals surface area (Å²) in [6.45, 7) is 3.49. The molecule has 0 saturated carbocycles. The van der Waals surface area contributed by atoms with Gasteiger partial charge >= 0.3 is 0 Å². The summed E-state index contributed by atoms with van der Waals surface area (Å²) in [6, 6.07) is 8.32. The van der Waals surface area contributed by atoms with Crippen LogP contribution < -0.4 is 5.32 Å². The number of aromatic nitrogens is 3. The summed E-state index contributed by atoms with van der Waals surface area (Å²) in [7, 11) is 2.21. The van der Waals surface area contributed by atoms with Gasteiger partial charge in [-0.1, -0.05) is 0 Å². The van der Waals surface area contributed by atoms with E-state index in [1.54, 1.807) is 17.3 Å². The molecular formula is C15H21N5. The number of benzene rings is 1. The highest BCUT2D eigenvalue weighted by Gasteiger charge is 2.16. The lowest BCUT2D eigenvalue weighted by atomic mass is 9.98. The van der Waals surface area contributed by atoms with Gasteiger partial charge in [0.15, 0.2) is 0 Å². The fourth-order valence-corrected chi connectivity index (χ4v) is 2.78. The maximum Gasteiger partial charge on any atom is 0.138 e. The third-order valence-corrected chi connectivity index (χ3v) is 3.87. The zero-order chi connectivity index (χ0) is 13.8. The van der Waals surface area contributed by atoms with Crippen molar-refractivity contribution in [2.24, 2.45) is 5.92 Å². The molecule has 1 atom stereocenters. The molecule has 1 saturated heterocycles. The lowest BCUT2D eigenvalue weighted by Crippen LogP contribution is -2.35. The summed E-state index contributed by atoms with van der Waals surface area (Å²) >= 11 is 0. The van der Waals surface area contributed by atoms with Crippen molar-refractivity contribution in [3.8, 4) is 5.69 Å². The van der Waals surface area contributed by atoms with Gasteiger partial charge in [-0.25, -0.2) is 9.67 Å². The fraction of sp³-hybridized carbons (Fsp3) is 0.467. The molecule has 1 N–H and O–H groups in total. The maximum absolute atomic E-state index is 4.12. The fourth-order valence-electron chi connectivity index (χ4n) is 2.78. The molecule has 1 fully saturated rings. The van der Waals surface area contributed by atoms with Gasteiger partial charge in [0.1, 0.15) is 12.7 Å². The second-order valence-electron chi connectivity index (χ2n) is 5.54. The Hall–Kier alpha value is -1.88. The van der Waals surface area contributed by atoms with Crippen LogP contribution in [-0.2, 0) is 0 Å². The van der Waals surface area contributed by atoms with Gasteiger partial charge in [0.2, 0.25) is 0 Å². The molecular weight excluding hydrogens is 250 g/mol. The van der Waals surface area contributed by atoms with Gasteiger partial charge in [0.05, 0.1) is 5.69 Å². The van der Waals surface area contributed by atoms with Crippen LogP contribution in [0.5, 0.6) is 0 Å². The Morgan fingerprint density at radius 2 is 2.15 bits per heavy atom. The smallest absolute Gasteiger partial charge is 0.138 e. The first-order valence-electron chi connectivity index (χ1n) is 7.19. The molecule has 3 rings (SSSR count). The van der Waals surface area contributed by atoms with Crippen molar-refractivity contribution in [1.82, 2.24) is 19.7 Å². The summed E-state index contributed by atoms with van der Waals surface area (Å²) in [5.41, 5.74) is 2.20. The first kappa shape index (κ1) is 13.1. The van der Waals surface area contributed by atoms with Crippen molar-refractivity contribution >= 4 is 5.69 Å². The van der Waals surface area contributed by atoms with E-state index in [2.05, 4.69) is 51.6 Å². The number of hydrogen-bond donors (Lipinski definition) is 1. The minimum Gasteiger partial charge on any atom is -0.385 e. The molecule has 0 spiro atoms. The molecule has 0 aliphatic carbocycles. The van der Waals surface area contributed by atoms with E-state index < -0.39 is 0 Å². The number of hydrogen-bond acceptors (Lipinski definition) is 4. The Morgan fingerprint density at radius 1 is 1.30 bits per heavy atom. The highest BCUT2D eigenvalue weighted by atomic mass is 15.3. The van der Waals surface area contributed by atoms with E-state index in [9.17, 15) is 0 Å². The van der Waals surface area contributed by atoms with Crippen LogP contribution in [0, 0.1) is 5.92 Å². The topological polar surface area (TPSA) is 46.0 Å². The lowest BCUT2D eigenvalue weighted by molar-refractivity contribution is 0.217. The number of nitrogens with zero attached hydrogens (tertiary/aromatic N) is 4. The quantitative estimate of drug-likeness (QED) is 0.924. The minimum atomic E-state index is 0.753. The molecule has 5 heteroatoms. The molecule has 106 valence electrons. The Morgan fingerprint density at radius 3 is 2.85 bits per heavy atom. The number of likely N-dealkylation sites (tertiary alicyclic amines) is 1. The average Bonchev–Trinajstić information content (AvgIpc) is 3.00. The third kappa shape index (κ3) is 3.17. The van der Waals surface area contributed by atoms with Crippen LogP contribution in [0.4, 0.5) is 5.69 Å². The van der Waals surface area contributed by atoms with Crippen LogP contribution in [-0.4, -0.2) is 46.3 Å². The summed E-state index contributed by atoms with van der Waals surface area (Å²) in [5.74, 6) is 0.753. The van der Waals surface area contributed by atoms with Crippen LogP contribution in [0.1, 0.15) is 12.8 Å². The van der Waals surface area contributed by atoms with Crippen molar-refractivity contribution in [2.45, 2.75) is 12.8 Å². The van der Waals surface area contributed by atoms with Gasteiger partial charge in [-0.2, -0.15) is 5.10 Å². The lowest BCUT2D eigenvalue weighted by Gasteiger charge is -2.29. The van der Waals surface area contributed by atoms with Crippen LogP contribution in [0.2, 0.25) is 0 Å². The van der Waals surface area contributed by atoms with Crippen molar-refractivity contribution in [3.05, 3.63) is 36.9 Å². The van der Waals surface area contributed by atoms with Crippen LogP contribution in [0.15, 0.2) is 36.9 Å². The van der Waals surface area contributed by atoms with Crippen LogP contribution in [0.25, 0.3) is 5.69 Å². The van der Waals surface area contributed by atoms with E-state index in [4.69, 9.17) is 0 Å². The second kappa shape index (κ2) is 6.05. The average molecular weight is 271 g/mol. The summed E-state index contributed by atoms with van der Waals surface area (Å²) < 4.78 is 1.76. The first-order chi connectivity index (χ1) is 9.81. The Bertz CT molecular complexity index is 520. The highest BCUT2D eigenvalue weighted by Crippen LogP contribution is 2.17. The van der Waals surface area contributed by atoms with E-state index >= 15 is 0 Å². The summed E-state index contributed by atoms with van der Waals surface area (Å²) in [6.07, 6.45) is 5.90. The summed E-state index contributed by atoms with van der Waals surface area (Å²) in [5, 5.41) is 7.66. The Balaban J connectivity index is 1.56. The van der Waals surface area contributed by atoms with Gasteiger partial charge in [0.25, 0.3) is 0 Å². The normalized spacial score (nSPS) is 19.9. The molecule has 1 aromatic carbocycles. The third-order valence-electron chi connectivity index (χ3n) is 3.87. The van der Waals surface area contributed by atoms with Crippen molar-refractivity contribution < 1.29 is 0 Å².